The maximum Gasteiger partial charge on any atom is 0.226 e. The van der Waals surface area contributed by atoms with Gasteiger partial charge in [0.2, 0.25) is 5.91 Å². The highest BCUT2D eigenvalue weighted by atomic mass is 16.2. The molecular formula is C17H21NO2. The molecule has 0 radical (unpaired) electrons. The fourth-order valence-corrected chi connectivity index (χ4v) is 3.29. The molecular weight excluding hydrogens is 250 g/mol. The molecule has 2 aliphatic rings. The van der Waals surface area contributed by atoms with Crippen LogP contribution in [0.2, 0.25) is 0 Å². The Hall–Kier alpha value is -1.64. The summed E-state index contributed by atoms with van der Waals surface area (Å²) in [6.45, 7) is 0. The molecule has 20 heavy (non-hydrogen) atoms. The average Bonchev–Trinajstić information content (AvgIpc) is 3.28. The minimum atomic E-state index is 0.153. The molecule has 0 N–H and O–H groups in total. The molecule has 1 aromatic carbocycles. The monoisotopic (exact) mass is 271 g/mol. The number of amides is 1. The van der Waals surface area contributed by atoms with Crippen molar-refractivity contribution in [1.82, 2.24) is 4.90 Å². The van der Waals surface area contributed by atoms with Crippen LogP contribution in [0, 0.1) is 5.92 Å². The second-order valence-electron chi connectivity index (χ2n) is 6.08. The van der Waals surface area contributed by atoms with Crippen LogP contribution < -0.4 is 0 Å². The summed E-state index contributed by atoms with van der Waals surface area (Å²) in [6, 6.07) is 10.6. The first-order valence-corrected chi connectivity index (χ1v) is 7.50. The van der Waals surface area contributed by atoms with E-state index in [1.165, 1.54) is 5.56 Å². The second-order valence-corrected chi connectivity index (χ2v) is 6.08. The number of rotatable bonds is 3. The van der Waals surface area contributed by atoms with E-state index in [9.17, 15) is 9.59 Å². The zero-order chi connectivity index (χ0) is 14.1. The lowest BCUT2D eigenvalue weighted by Crippen LogP contribution is -2.40. The third kappa shape index (κ3) is 2.62. The van der Waals surface area contributed by atoms with Crippen molar-refractivity contribution in [3.8, 4) is 0 Å². The number of ketones is 1. The van der Waals surface area contributed by atoms with E-state index in [2.05, 4.69) is 12.1 Å². The Balaban J connectivity index is 1.59. The van der Waals surface area contributed by atoms with E-state index in [1.54, 1.807) is 0 Å². The van der Waals surface area contributed by atoms with Gasteiger partial charge in [0.25, 0.3) is 0 Å². The SMILES string of the molecule is CN(C(=O)C1CC1c1ccccc1)C1CCC(=O)CC1. The van der Waals surface area contributed by atoms with Gasteiger partial charge >= 0.3 is 0 Å². The molecule has 1 aromatic rings. The smallest absolute Gasteiger partial charge is 0.226 e. The largest absolute Gasteiger partial charge is 0.342 e. The van der Waals surface area contributed by atoms with Crippen LogP contribution >= 0.6 is 0 Å². The first-order chi connectivity index (χ1) is 9.66. The highest BCUT2D eigenvalue weighted by Gasteiger charge is 2.46. The molecule has 0 aromatic heterocycles. The topological polar surface area (TPSA) is 37.4 Å². The minimum Gasteiger partial charge on any atom is -0.342 e. The van der Waals surface area contributed by atoms with E-state index in [4.69, 9.17) is 0 Å². The number of carbonyl (C=O) groups excluding carboxylic acids is 2. The van der Waals surface area contributed by atoms with Crippen LogP contribution in [0.4, 0.5) is 0 Å². The summed E-state index contributed by atoms with van der Waals surface area (Å²) in [7, 11) is 1.91. The molecule has 0 bridgehead atoms. The van der Waals surface area contributed by atoms with Gasteiger partial charge in [0.15, 0.2) is 0 Å². The molecule has 0 aliphatic heterocycles. The summed E-state index contributed by atoms with van der Waals surface area (Å²) < 4.78 is 0. The van der Waals surface area contributed by atoms with E-state index in [0.29, 0.717) is 24.5 Å². The van der Waals surface area contributed by atoms with Crippen molar-refractivity contribution in [1.29, 1.82) is 0 Å². The molecule has 1 amide bonds. The molecule has 2 aliphatic carbocycles. The van der Waals surface area contributed by atoms with Crippen molar-refractivity contribution in [2.24, 2.45) is 5.92 Å². The summed E-state index contributed by atoms with van der Waals surface area (Å²) >= 11 is 0. The Morgan fingerprint density at radius 2 is 1.80 bits per heavy atom. The van der Waals surface area contributed by atoms with Crippen molar-refractivity contribution < 1.29 is 9.59 Å². The molecule has 0 spiro atoms. The van der Waals surface area contributed by atoms with Gasteiger partial charge in [0.1, 0.15) is 5.78 Å². The van der Waals surface area contributed by atoms with Gasteiger partial charge < -0.3 is 4.90 Å². The number of hydrogen-bond acceptors (Lipinski definition) is 2. The summed E-state index contributed by atoms with van der Waals surface area (Å²) in [5.74, 6) is 1.16. The van der Waals surface area contributed by atoms with Crippen molar-refractivity contribution >= 4 is 11.7 Å². The fourth-order valence-electron chi connectivity index (χ4n) is 3.29. The quantitative estimate of drug-likeness (QED) is 0.847. The first-order valence-electron chi connectivity index (χ1n) is 7.50. The summed E-state index contributed by atoms with van der Waals surface area (Å²) in [6.07, 6.45) is 3.91. The first kappa shape index (κ1) is 13.3. The van der Waals surface area contributed by atoms with Crippen LogP contribution in [-0.2, 0) is 9.59 Å². The van der Waals surface area contributed by atoms with Gasteiger partial charge in [-0.05, 0) is 30.7 Å². The number of carbonyl (C=O) groups is 2. The van der Waals surface area contributed by atoms with E-state index in [1.807, 2.05) is 30.1 Å². The molecule has 3 nitrogen and oxygen atoms in total. The van der Waals surface area contributed by atoms with Gasteiger partial charge in [-0.2, -0.15) is 0 Å². The lowest BCUT2D eigenvalue weighted by Gasteiger charge is -2.31. The van der Waals surface area contributed by atoms with Crippen LogP contribution in [-0.4, -0.2) is 29.7 Å². The number of benzene rings is 1. The van der Waals surface area contributed by atoms with Crippen LogP contribution in [0.15, 0.2) is 30.3 Å². The van der Waals surface area contributed by atoms with E-state index in [-0.39, 0.29) is 17.9 Å². The lowest BCUT2D eigenvalue weighted by molar-refractivity contribution is -0.135. The summed E-state index contributed by atoms with van der Waals surface area (Å²) in [5, 5.41) is 0. The molecule has 0 saturated heterocycles. The maximum atomic E-state index is 12.5. The van der Waals surface area contributed by atoms with Crippen molar-refractivity contribution in [2.45, 2.75) is 44.1 Å². The predicted molar refractivity (Wildman–Crippen MR) is 77.3 cm³/mol. The van der Waals surface area contributed by atoms with E-state index in [0.717, 1.165) is 19.3 Å². The molecule has 2 unspecified atom stereocenters. The second kappa shape index (κ2) is 5.39. The standard InChI is InChI=1S/C17H21NO2/c1-18(13-7-9-14(19)10-8-13)17(20)16-11-15(16)12-5-3-2-4-6-12/h2-6,13,15-16H,7-11H2,1H3. The highest BCUT2D eigenvalue weighted by Crippen LogP contribution is 2.48. The number of hydrogen-bond donors (Lipinski definition) is 0. The Morgan fingerprint density at radius 3 is 2.45 bits per heavy atom. The Labute approximate surface area is 120 Å². The van der Waals surface area contributed by atoms with Crippen molar-refractivity contribution in [2.75, 3.05) is 7.05 Å². The van der Waals surface area contributed by atoms with Crippen LogP contribution in [0.25, 0.3) is 0 Å². The maximum absolute atomic E-state index is 12.5. The van der Waals surface area contributed by atoms with Crippen molar-refractivity contribution in [3.63, 3.8) is 0 Å². The average molecular weight is 271 g/mol. The van der Waals surface area contributed by atoms with E-state index < -0.39 is 0 Å². The molecule has 0 heterocycles. The highest BCUT2D eigenvalue weighted by molar-refractivity contribution is 5.84. The zero-order valence-corrected chi connectivity index (χ0v) is 11.9. The third-order valence-electron chi connectivity index (χ3n) is 4.74. The minimum absolute atomic E-state index is 0.153. The van der Waals surface area contributed by atoms with Gasteiger partial charge in [0.05, 0.1) is 0 Å². The zero-order valence-electron chi connectivity index (χ0n) is 11.9. The van der Waals surface area contributed by atoms with Crippen LogP contribution in [0.3, 0.4) is 0 Å². The molecule has 2 fully saturated rings. The molecule has 106 valence electrons. The molecule has 3 heteroatoms. The fraction of sp³-hybridized carbons (Fsp3) is 0.529. The van der Waals surface area contributed by atoms with Gasteiger partial charge in [-0.3, -0.25) is 9.59 Å². The van der Waals surface area contributed by atoms with E-state index >= 15 is 0 Å². The third-order valence-corrected chi connectivity index (χ3v) is 4.74. The summed E-state index contributed by atoms with van der Waals surface area (Å²) in [5.41, 5.74) is 1.28. The molecule has 2 saturated carbocycles. The predicted octanol–water partition coefficient (Wildman–Crippen LogP) is 2.76. The number of nitrogens with zero attached hydrogens (tertiary/aromatic N) is 1. The normalized spacial score (nSPS) is 26.4. The van der Waals surface area contributed by atoms with Gasteiger partial charge in [0, 0.05) is 31.8 Å². The summed E-state index contributed by atoms with van der Waals surface area (Å²) in [4.78, 5) is 25.7. The van der Waals surface area contributed by atoms with Gasteiger partial charge in [-0.1, -0.05) is 30.3 Å². The van der Waals surface area contributed by atoms with Crippen LogP contribution in [0.1, 0.15) is 43.6 Å². The van der Waals surface area contributed by atoms with Crippen LogP contribution in [0.5, 0.6) is 0 Å². The molecule has 3 rings (SSSR count). The molecule has 2 atom stereocenters. The Kier molecular flexibility index (Phi) is 3.60. The van der Waals surface area contributed by atoms with Crippen molar-refractivity contribution in [3.05, 3.63) is 35.9 Å². The van der Waals surface area contributed by atoms with Gasteiger partial charge in [-0.15, -0.1) is 0 Å². The Bertz CT molecular complexity index is 501. The lowest BCUT2D eigenvalue weighted by atomic mass is 9.93. The Morgan fingerprint density at radius 1 is 1.15 bits per heavy atom. The number of Topliss-reactive ketones (excluding diaryl/α,β-unsaturated/α-hetero) is 1. The van der Waals surface area contributed by atoms with Gasteiger partial charge in [-0.25, -0.2) is 0 Å².